The van der Waals surface area contributed by atoms with Gasteiger partial charge in [0.1, 0.15) is 6.54 Å². The van der Waals surface area contributed by atoms with E-state index in [-0.39, 0.29) is 5.97 Å². The summed E-state index contributed by atoms with van der Waals surface area (Å²) in [5.41, 5.74) is 0.707. The first kappa shape index (κ1) is 19.7. The second kappa shape index (κ2) is 7.33. The topological polar surface area (TPSA) is 35.5 Å². The Bertz CT molecular complexity index is 446. The fourth-order valence-corrected chi connectivity index (χ4v) is 4.63. The van der Waals surface area contributed by atoms with Crippen molar-refractivity contribution in [3.63, 3.8) is 0 Å². The van der Waals surface area contributed by atoms with Gasteiger partial charge in [0.05, 0.1) is 33.4 Å². The maximum Gasteiger partial charge on any atom is 0.361 e. The first-order valence-corrected chi connectivity index (χ1v) is 9.71. The molecule has 2 bridgehead atoms. The van der Waals surface area contributed by atoms with E-state index in [1.807, 2.05) is 0 Å². The molecule has 0 saturated heterocycles. The van der Waals surface area contributed by atoms with E-state index >= 15 is 0 Å². The van der Waals surface area contributed by atoms with Crippen LogP contribution in [0.15, 0.2) is 0 Å². The Labute approximate surface area is 148 Å². The Morgan fingerprint density at radius 3 is 2.46 bits per heavy atom. The van der Waals surface area contributed by atoms with Crippen LogP contribution in [0.3, 0.4) is 0 Å². The molecule has 0 N–H and O–H groups in total. The minimum absolute atomic E-state index is 0.0959. The van der Waals surface area contributed by atoms with Crippen LogP contribution in [0.2, 0.25) is 0 Å². The molecule has 140 valence electrons. The standard InChI is InChI=1S/C20H38NO3/c1-7-8-12-24-18(22)15-21(5,6)11-13-23-17-14-16-9-10-20(17,4)19(16,2)3/h16-17H,7-15H2,1-6H3/q+1/t16-,17-,20+/m0/s1. The highest BCUT2D eigenvalue weighted by Gasteiger charge is 2.61. The van der Waals surface area contributed by atoms with Gasteiger partial charge in [0.2, 0.25) is 0 Å². The maximum atomic E-state index is 11.9. The van der Waals surface area contributed by atoms with E-state index in [0.717, 1.165) is 31.9 Å². The number of hydrogen-bond acceptors (Lipinski definition) is 3. The molecular weight excluding hydrogens is 302 g/mol. The fourth-order valence-electron chi connectivity index (χ4n) is 4.63. The summed E-state index contributed by atoms with van der Waals surface area (Å²) >= 11 is 0. The summed E-state index contributed by atoms with van der Waals surface area (Å²) < 4.78 is 12.2. The smallest absolute Gasteiger partial charge is 0.361 e. The monoisotopic (exact) mass is 340 g/mol. The van der Waals surface area contributed by atoms with Crippen LogP contribution in [0.4, 0.5) is 0 Å². The summed E-state index contributed by atoms with van der Waals surface area (Å²) in [5.74, 6) is 0.713. The van der Waals surface area contributed by atoms with Crippen molar-refractivity contribution >= 4 is 5.97 Å². The van der Waals surface area contributed by atoms with Crippen LogP contribution in [0.5, 0.6) is 0 Å². The molecular formula is C20H38NO3+. The summed E-state index contributed by atoms with van der Waals surface area (Å²) in [6.07, 6.45) is 6.22. The number of nitrogens with zero attached hydrogens (tertiary/aromatic N) is 1. The normalized spacial score (nSPS) is 31.4. The highest BCUT2D eigenvalue weighted by molar-refractivity contribution is 5.70. The van der Waals surface area contributed by atoms with Gasteiger partial charge in [0.15, 0.2) is 6.54 Å². The first-order chi connectivity index (χ1) is 11.1. The highest BCUT2D eigenvalue weighted by Crippen LogP contribution is 2.66. The molecule has 0 heterocycles. The van der Waals surface area contributed by atoms with Crippen LogP contribution in [-0.2, 0) is 14.3 Å². The Hall–Kier alpha value is -0.610. The van der Waals surface area contributed by atoms with Crippen LogP contribution in [0, 0.1) is 16.7 Å². The van der Waals surface area contributed by atoms with Gasteiger partial charge in [-0.25, -0.2) is 4.79 Å². The molecule has 24 heavy (non-hydrogen) atoms. The molecule has 0 aromatic carbocycles. The molecule has 0 spiro atoms. The second-order valence-electron chi connectivity index (χ2n) is 9.36. The molecule has 2 aliphatic rings. The third kappa shape index (κ3) is 3.96. The molecule has 2 fully saturated rings. The van der Waals surface area contributed by atoms with Crippen molar-refractivity contribution in [2.45, 2.75) is 65.9 Å². The predicted molar refractivity (Wildman–Crippen MR) is 96.7 cm³/mol. The van der Waals surface area contributed by atoms with Crippen LogP contribution < -0.4 is 0 Å². The summed E-state index contributed by atoms with van der Waals surface area (Å²) in [5, 5.41) is 0. The van der Waals surface area contributed by atoms with Gasteiger partial charge < -0.3 is 14.0 Å². The Kier molecular flexibility index (Phi) is 6.02. The molecule has 0 unspecified atom stereocenters. The number of unbranched alkanes of at least 4 members (excludes halogenated alkanes) is 1. The van der Waals surface area contributed by atoms with Crippen molar-refractivity contribution < 1.29 is 18.8 Å². The van der Waals surface area contributed by atoms with E-state index in [1.54, 1.807) is 0 Å². The summed E-state index contributed by atoms with van der Waals surface area (Å²) in [4.78, 5) is 11.9. The van der Waals surface area contributed by atoms with E-state index in [4.69, 9.17) is 9.47 Å². The van der Waals surface area contributed by atoms with Crippen molar-refractivity contribution in [3.05, 3.63) is 0 Å². The molecule has 0 aromatic rings. The van der Waals surface area contributed by atoms with E-state index in [9.17, 15) is 4.79 Å². The Morgan fingerprint density at radius 2 is 1.92 bits per heavy atom. The van der Waals surface area contributed by atoms with Crippen molar-refractivity contribution in [1.82, 2.24) is 0 Å². The van der Waals surface area contributed by atoms with E-state index in [1.165, 1.54) is 19.3 Å². The molecule has 0 aliphatic heterocycles. The molecule has 4 nitrogen and oxygen atoms in total. The lowest BCUT2D eigenvalue weighted by atomic mass is 9.70. The minimum atomic E-state index is -0.0959. The number of hydrogen-bond donors (Lipinski definition) is 0. The molecule has 0 radical (unpaired) electrons. The van der Waals surface area contributed by atoms with Crippen LogP contribution in [0.25, 0.3) is 0 Å². The lowest BCUT2D eigenvalue weighted by molar-refractivity contribution is -0.883. The zero-order valence-corrected chi connectivity index (χ0v) is 16.7. The van der Waals surface area contributed by atoms with Crippen LogP contribution >= 0.6 is 0 Å². The van der Waals surface area contributed by atoms with Gasteiger partial charge in [0, 0.05) is 0 Å². The first-order valence-electron chi connectivity index (χ1n) is 9.71. The van der Waals surface area contributed by atoms with E-state index in [2.05, 4.69) is 41.8 Å². The highest BCUT2D eigenvalue weighted by atomic mass is 16.5. The van der Waals surface area contributed by atoms with Gasteiger partial charge in [-0.15, -0.1) is 0 Å². The summed E-state index contributed by atoms with van der Waals surface area (Å²) in [6, 6.07) is 0. The Morgan fingerprint density at radius 1 is 1.21 bits per heavy atom. The SMILES string of the molecule is CCCCOC(=O)C[N+](C)(C)CCO[C@H]1C[C@@H]2CC[C@@]1(C)C2(C)C. The average Bonchev–Trinajstić information content (AvgIpc) is 2.80. The van der Waals surface area contributed by atoms with Crippen LogP contribution in [0.1, 0.15) is 59.8 Å². The molecule has 2 saturated carbocycles. The number of carbonyl (C=O) groups excluding carboxylic acids is 1. The minimum Gasteiger partial charge on any atom is -0.462 e. The maximum absolute atomic E-state index is 11.9. The van der Waals surface area contributed by atoms with Gasteiger partial charge in [-0.2, -0.15) is 0 Å². The van der Waals surface area contributed by atoms with E-state index in [0.29, 0.717) is 34.6 Å². The van der Waals surface area contributed by atoms with Gasteiger partial charge in [-0.05, 0) is 42.4 Å². The van der Waals surface area contributed by atoms with Crippen molar-refractivity contribution in [1.29, 1.82) is 0 Å². The van der Waals surface area contributed by atoms with Gasteiger partial charge >= 0.3 is 5.97 Å². The third-order valence-corrected chi connectivity index (χ3v) is 7.05. The van der Waals surface area contributed by atoms with Crippen molar-refractivity contribution in [2.75, 3.05) is 40.4 Å². The molecule has 0 amide bonds. The van der Waals surface area contributed by atoms with Gasteiger partial charge in [-0.3, -0.25) is 0 Å². The molecule has 4 heteroatoms. The number of fused-ring (bicyclic) bond motifs is 2. The second-order valence-corrected chi connectivity index (χ2v) is 9.36. The van der Waals surface area contributed by atoms with E-state index < -0.39 is 0 Å². The number of rotatable bonds is 9. The third-order valence-electron chi connectivity index (χ3n) is 7.05. The average molecular weight is 341 g/mol. The van der Waals surface area contributed by atoms with Crippen LogP contribution in [-0.4, -0.2) is 57.0 Å². The Balaban J connectivity index is 1.74. The zero-order valence-electron chi connectivity index (χ0n) is 16.7. The molecule has 2 rings (SSSR count). The lowest BCUT2D eigenvalue weighted by Crippen LogP contribution is -2.47. The number of quaternary nitrogens is 1. The summed E-state index contributed by atoms with van der Waals surface area (Å²) in [6.45, 7) is 11.9. The fraction of sp³-hybridized carbons (Fsp3) is 0.950. The van der Waals surface area contributed by atoms with Crippen molar-refractivity contribution in [2.24, 2.45) is 16.7 Å². The van der Waals surface area contributed by atoms with Gasteiger partial charge in [0.25, 0.3) is 0 Å². The number of likely N-dealkylation sites (N-methyl/N-ethyl adjacent to an activating group) is 1. The number of esters is 1. The molecule has 3 atom stereocenters. The quantitative estimate of drug-likeness (QED) is 0.365. The van der Waals surface area contributed by atoms with Gasteiger partial charge in [-0.1, -0.05) is 34.1 Å². The molecule has 0 aromatic heterocycles. The number of ether oxygens (including phenoxy) is 2. The largest absolute Gasteiger partial charge is 0.462 e. The summed E-state index contributed by atoms with van der Waals surface area (Å²) in [7, 11) is 4.16. The number of carbonyl (C=O) groups is 1. The zero-order chi connectivity index (χ0) is 18.0. The van der Waals surface area contributed by atoms with Crippen molar-refractivity contribution in [3.8, 4) is 0 Å². The lowest BCUT2D eigenvalue weighted by Gasteiger charge is -2.39. The predicted octanol–water partition coefficient (Wildman–Crippen LogP) is 3.64. The molecule has 2 aliphatic carbocycles.